The molecule has 4 rings (SSSR count). The van der Waals surface area contributed by atoms with Crippen LogP contribution < -0.4 is 4.74 Å². The SMILES string of the molecule is O=C1C[C@@H](c2ccc(O)cc2)Oc2c1ccc(O)c2[C@@H]1O[C@@H](CO)[C@H](O)[C@H](O)[C@H]1O. The van der Waals surface area contributed by atoms with Crippen LogP contribution in [0.3, 0.4) is 0 Å². The van der Waals surface area contributed by atoms with Gasteiger partial charge in [-0.1, -0.05) is 12.1 Å². The maximum absolute atomic E-state index is 12.8. The van der Waals surface area contributed by atoms with Gasteiger partial charge in [-0.15, -0.1) is 0 Å². The van der Waals surface area contributed by atoms with Gasteiger partial charge in [0, 0.05) is 0 Å². The van der Waals surface area contributed by atoms with Crippen LogP contribution in [0.5, 0.6) is 17.2 Å². The number of fused-ring (bicyclic) bond motifs is 1. The van der Waals surface area contributed by atoms with Crippen LogP contribution in [0.1, 0.15) is 40.1 Å². The highest BCUT2D eigenvalue weighted by Crippen LogP contribution is 2.47. The number of aromatic hydroxyl groups is 2. The van der Waals surface area contributed by atoms with Crippen LogP contribution in [0.25, 0.3) is 0 Å². The maximum Gasteiger partial charge on any atom is 0.170 e. The topological polar surface area (TPSA) is 157 Å². The first-order valence-corrected chi connectivity index (χ1v) is 9.47. The summed E-state index contributed by atoms with van der Waals surface area (Å²) in [5, 5.41) is 60.1. The lowest BCUT2D eigenvalue weighted by molar-refractivity contribution is -0.232. The van der Waals surface area contributed by atoms with E-state index in [2.05, 4.69) is 0 Å². The van der Waals surface area contributed by atoms with Gasteiger partial charge in [-0.25, -0.2) is 0 Å². The Balaban J connectivity index is 1.77. The van der Waals surface area contributed by atoms with Crippen molar-refractivity contribution in [1.29, 1.82) is 0 Å². The molecule has 6 N–H and O–H groups in total. The van der Waals surface area contributed by atoms with Crippen LogP contribution in [0.2, 0.25) is 0 Å². The number of aliphatic hydroxyl groups is 4. The largest absolute Gasteiger partial charge is 0.508 e. The molecule has 0 unspecified atom stereocenters. The number of Topliss-reactive ketones (excluding diaryl/α,β-unsaturated/α-hetero) is 1. The second kappa shape index (κ2) is 7.86. The number of ketones is 1. The number of phenolic OH excluding ortho intramolecular Hbond substituents is 2. The second-order valence-corrected chi connectivity index (χ2v) is 7.45. The molecular formula is C21H22O9. The minimum Gasteiger partial charge on any atom is -0.508 e. The quantitative estimate of drug-likeness (QED) is 0.413. The lowest BCUT2D eigenvalue weighted by Gasteiger charge is -2.41. The molecule has 9 heteroatoms. The number of rotatable bonds is 3. The van der Waals surface area contributed by atoms with Crippen molar-refractivity contribution < 1.29 is 44.9 Å². The van der Waals surface area contributed by atoms with Crippen LogP contribution >= 0.6 is 0 Å². The fraction of sp³-hybridized carbons (Fsp3) is 0.381. The van der Waals surface area contributed by atoms with Crippen LogP contribution in [-0.4, -0.2) is 67.4 Å². The number of ether oxygens (including phenoxy) is 2. The van der Waals surface area contributed by atoms with E-state index in [-0.39, 0.29) is 40.6 Å². The van der Waals surface area contributed by atoms with Crippen molar-refractivity contribution in [1.82, 2.24) is 0 Å². The molecule has 30 heavy (non-hydrogen) atoms. The van der Waals surface area contributed by atoms with Gasteiger partial charge >= 0.3 is 0 Å². The van der Waals surface area contributed by atoms with Gasteiger partial charge in [-0.3, -0.25) is 4.79 Å². The summed E-state index contributed by atoms with van der Waals surface area (Å²) >= 11 is 0. The number of aliphatic hydroxyl groups excluding tert-OH is 4. The van der Waals surface area contributed by atoms with Gasteiger partial charge in [-0.2, -0.15) is 0 Å². The fourth-order valence-electron chi connectivity index (χ4n) is 3.89. The monoisotopic (exact) mass is 418 g/mol. The first-order valence-electron chi connectivity index (χ1n) is 9.47. The van der Waals surface area contributed by atoms with Gasteiger partial charge in [0.1, 0.15) is 53.9 Å². The van der Waals surface area contributed by atoms with Gasteiger partial charge in [-0.05, 0) is 29.8 Å². The molecule has 1 fully saturated rings. The molecule has 9 nitrogen and oxygen atoms in total. The minimum atomic E-state index is -1.65. The molecular weight excluding hydrogens is 396 g/mol. The number of hydrogen-bond acceptors (Lipinski definition) is 9. The Morgan fingerprint density at radius 2 is 1.63 bits per heavy atom. The predicted molar refractivity (Wildman–Crippen MR) is 101 cm³/mol. The molecule has 2 aliphatic rings. The van der Waals surface area contributed by atoms with Crippen LogP contribution in [0, 0.1) is 0 Å². The van der Waals surface area contributed by atoms with E-state index >= 15 is 0 Å². The first-order chi connectivity index (χ1) is 14.3. The lowest BCUT2D eigenvalue weighted by Crippen LogP contribution is -2.55. The van der Waals surface area contributed by atoms with Gasteiger partial charge in [0.2, 0.25) is 0 Å². The predicted octanol–water partition coefficient (Wildman–Crippen LogP) is 0.319. The molecule has 0 saturated carbocycles. The van der Waals surface area contributed by atoms with E-state index in [1.165, 1.54) is 24.3 Å². The van der Waals surface area contributed by atoms with Crippen molar-refractivity contribution in [2.75, 3.05) is 6.61 Å². The van der Waals surface area contributed by atoms with Crippen molar-refractivity contribution >= 4 is 5.78 Å². The zero-order chi connectivity index (χ0) is 21.6. The smallest absolute Gasteiger partial charge is 0.170 e. The summed E-state index contributed by atoms with van der Waals surface area (Å²) in [5.41, 5.74) is 0.742. The highest BCUT2D eigenvalue weighted by Gasteiger charge is 2.47. The van der Waals surface area contributed by atoms with Crippen molar-refractivity contribution in [3.8, 4) is 17.2 Å². The van der Waals surface area contributed by atoms with Gasteiger partial charge < -0.3 is 40.1 Å². The van der Waals surface area contributed by atoms with E-state index < -0.39 is 43.2 Å². The highest BCUT2D eigenvalue weighted by atomic mass is 16.5. The summed E-state index contributed by atoms with van der Waals surface area (Å²) in [4.78, 5) is 12.8. The second-order valence-electron chi connectivity index (χ2n) is 7.45. The Bertz CT molecular complexity index is 940. The number of phenols is 2. The molecule has 0 spiro atoms. The lowest BCUT2D eigenvalue weighted by atomic mass is 9.87. The van der Waals surface area contributed by atoms with E-state index in [1.807, 2.05) is 0 Å². The van der Waals surface area contributed by atoms with Crippen molar-refractivity contribution in [2.45, 2.75) is 43.0 Å². The van der Waals surface area contributed by atoms with Crippen LogP contribution in [0.15, 0.2) is 36.4 Å². The zero-order valence-electron chi connectivity index (χ0n) is 15.8. The summed E-state index contributed by atoms with van der Waals surface area (Å²) in [7, 11) is 0. The minimum absolute atomic E-state index is 0.00588. The fourth-order valence-corrected chi connectivity index (χ4v) is 3.89. The summed E-state index contributed by atoms with van der Waals surface area (Å²) in [6.45, 7) is -0.632. The number of carbonyl (C=O) groups is 1. The molecule has 0 amide bonds. The van der Waals surface area contributed by atoms with Crippen LogP contribution in [-0.2, 0) is 4.74 Å². The number of hydrogen-bond donors (Lipinski definition) is 6. The Morgan fingerprint density at radius 3 is 2.30 bits per heavy atom. The van der Waals surface area contributed by atoms with Crippen molar-refractivity contribution in [3.63, 3.8) is 0 Å². The summed E-state index contributed by atoms with van der Waals surface area (Å²) in [5.74, 6) is -0.549. The Kier molecular flexibility index (Phi) is 5.39. The molecule has 2 aromatic carbocycles. The van der Waals surface area contributed by atoms with Gasteiger partial charge in [0.15, 0.2) is 5.78 Å². The van der Waals surface area contributed by atoms with E-state index in [0.717, 1.165) is 0 Å². The molecule has 0 bridgehead atoms. The van der Waals surface area contributed by atoms with Crippen LogP contribution in [0.4, 0.5) is 0 Å². The Morgan fingerprint density at radius 1 is 0.933 bits per heavy atom. The number of carbonyl (C=O) groups excluding carboxylic acids is 1. The molecule has 0 aromatic heterocycles. The van der Waals surface area contributed by atoms with Gasteiger partial charge in [0.25, 0.3) is 0 Å². The third-order valence-electron chi connectivity index (χ3n) is 5.55. The molecule has 0 radical (unpaired) electrons. The third kappa shape index (κ3) is 3.40. The Labute approximate surface area is 171 Å². The zero-order valence-corrected chi connectivity index (χ0v) is 15.8. The molecule has 1 saturated heterocycles. The highest BCUT2D eigenvalue weighted by molar-refractivity contribution is 6.00. The summed E-state index contributed by atoms with van der Waals surface area (Å²) in [6, 6.07) is 8.79. The van der Waals surface area contributed by atoms with E-state index in [9.17, 15) is 35.4 Å². The first kappa shape index (κ1) is 20.6. The molecule has 2 aliphatic heterocycles. The molecule has 160 valence electrons. The summed E-state index contributed by atoms with van der Waals surface area (Å²) in [6.07, 6.45) is -8.09. The average Bonchev–Trinajstić information content (AvgIpc) is 2.73. The molecule has 6 atom stereocenters. The van der Waals surface area contributed by atoms with Gasteiger partial charge in [0.05, 0.1) is 24.2 Å². The number of benzene rings is 2. The molecule has 2 heterocycles. The maximum atomic E-state index is 12.8. The van der Waals surface area contributed by atoms with E-state index in [0.29, 0.717) is 5.56 Å². The van der Waals surface area contributed by atoms with Crippen molar-refractivity contribution in [2.24, 2.45) is 0 Å². The third-order valence-corrected chi connectivity index (χ3v) is 5.55. The van der Waals surface area contributed by atoms with E-state index in [4.69, 9.17) is 9.47 Å². The average molecular weight is 418 g/mol. The normalized spacial score (nSPS) is 31.1. The van der Waals surface area contributed by atoms with Crippen molar-refractivity contribution in [3.05, 3.63) is 53.1 Å². The molecule has 2 aromatic rings. The standard InChI is InChI=1S/C21H22O9/c22-8-15-17(26)18(27)19(28)21(30-15)16-12(24)6-5-11-13(25)7-14(29-20(11)16)9-1-3-10(23)4-2-9/h1-6,14-15,17-19,21-24,26-28H,7-8H2/t14-,15-,17-,18-,19+,21-/m0/s1. The van der Waals surface area contributed by atoms with E-state index in [1.54, 1.807) is 12.1 Å². The molecule has 0 aliphatic carbocycles. The summed E-state index contributed by atoms with van der Waals surface area (Å²) < 4.78 is 11.6. The Hall–Kier alpha value is -2.69.